The lowest BCUT2D eigenvalue weighted by atomic mass is 10.3. The summed E-state index contributed by atoms with van der Waals surface area (Å²) in [5.74, 6) is -0.576. The molecule has 2 radical (unpaired) electrons. The maximum atomic E-state index is 10.6. The molecule has 0 bridgehead atoms. The van der Waals surface area contributed by atoms with Crippen molar-refractivity contribution in [1.29, 1.82) is 0 Å². The quantitative estimate of drug-likeness (QED) is 0.537. The van der Waals surface area contributed by atoms with Crippen molar-refractivity contribution in [3.05, 3.63) is 37.2 Å². The Kier molecular flexibility index (Phi) is 1.99. The third-order valence-corrected chi connectivity index (χ3v) is 1.00. The standard InChI is InChI=1S/C7H5NO2/c1-10-7(9)6-3-2-4-8-5-6/h1-5H. The summed E-state index contributed by atoms with van der Waals surface area (Å²) in [5.41, 5.74) is 0.352. The van der Waals surface area contributed by atoms with Crippen LogP contribution in [-0.2, 0) is 4.74 Å². The number of aromatic nitrogens is 1. The third-order valence-electron chi connectivity index (χ3n) is 1.00. The zero-order valence-corrected chi connectivity index (χ0v) is 5.15. The number of nitrogens with zero attached hydrogens (tertiary/aromatic N) is 1. The van der Waals surface area contributed by atoms with Crippen LogP contribution in [0.15, 0.2) is 24.5 Å². The number of hydrogen-bond acceptors (Lipinski definition) is 3. The predicted molar refractivity (Wildman–Crippen MR) is 34.0 cm³/mol. The summed E-state index contributed by atoms with van der Waals surface area (Å²) in [7, 11) is 4.63. The summed E-state index contributed by atoms with van der Waals surface area (Å²) in [6.45, 7) is 0. The van der Waals surface area contributed by atoms with Crippen LogP contribution in [0.3, 0.4) is 0 Å². The Labute approximate surface area is 58.7 Å². The average molecular weight is 135 g/mol. The molecule has 0 aliphatic carbocycles. The Morgan fingerprint density at radius 3 is 3.00 bits per heavy atom. The molecular formula is C7H5NO2. The van der Waals surface area contributed by atoms with Crippen molar-refractivity contribution in [2.75, 3.05) is 0 Å². The molecule has 50 valence electrons. The first-order valence-corrected chi connectivity index (χ1v) is 2.65. The summed E-state index contributed by atoms with van der Waals surface area (Å²) >= 11 is 0. The lowest BCUT2D eigenvalue weighted by Crippen LogP contribution is -1.99. The highest BCUT2D eigenvalue weighted by Gasteiger charge is 2.01. The van der Waals surface area contributed by atoms with Gasteiger partial charge in [0.05, 0.1) is 5.56 Å². The smallest absolute Gasteiger partial charge is 0.340 e. The van der Waals surface area contributed by atoms with Crippen molar-refractivity contribution < 1.29 is 9.53 Å². The van der Waals surface area contributed by atoms with Crippen LogP contribution >= 0.6 is 0 Å². The van der Waals surface area contributed by atoms with Crippen molar-refractivity contribution in [3.63, 3.8) is 0 Å². The Balaban J connectivity index is 2.85. The van der Waals surface area contributed by atoms with Crippen LogP contribution in [0.2, 0.25) is 0 Å². The molecule has 0 saturated carbocycles. The van der Waals surface area contributed by atoms with E-state index in [2.05, 4.69) is 16.8 Å². The minimum atomic E-state index is -0.576. The highest BCUT2D eigenvalue weighted by Crippen LogP contribution is 1.96. The van der Waals surface area contributed by atoms with Crippen molar-refractivity contribution in [2.24, 2.45) is 0 Å². The number of hydrogen-bond donors (Lipinski definition) is 0. The third kappa shape index (κ3) is 1.31. The highest BCUT2D eigenvalue weighted by molar-refractivity contribution is 5.88. The molecule has 3 nitrogen and oxygen atoms in total. The predicted octanol–water partition coefficient (Wildman–Crippen LogP) is 0.907. The summed E-state index contributed by atoms with van der Waals surface area (Å²) in [5, 5.41) is 0. The molecule has 1 rings (SSSR count). The molecule has 0 aromatic carbocycles. The van der Waals surface area contributed by atoms with Crippen LogP contribution in [0, 0.1) is 7.11 Å². The topological polar surface area (TPSA) is 39.2 Å². The van der Waals surface area contributed by atoms with Crippen LogP contribution in [-0.4, -0.2) is 11.0 Å². The molecule has 1 aromatic heterocycles. The number of pyridine rings is 1. The number of ether oxygens (including phenoxy) is 1. The first kappa shape index (κ1) is 6.74. The molecule has 0 amide bonds. The molecule has 0 fully saturated rings. The molecule has 0 aliphatic heterocycles. The number of rotatable bonds is 1. The fourth-order valence-electron chi connectivity index (χ4n) is 0.552. The number of esters is 1. The Morgan fingerprint density at radius 1 is 1.70 bits per heavy atom. The Bertz CT molecular complexity index is 220. The maximum absolute atomic E-state index is 10.6. The molecule has 0 atom stereocenters. The van der Waals surface area contributed by atoms with E-state index < -0.39 is 5.97 Å². The zero-order valence-electron chi connectivity index (χ0n) is 5.15. The van der Waals surface area contributed by atoms with Gasteiger partial charge in [-0.15, -0.1) is 0 Å². The molecule has 3 heteroatoms. The lowest BCUT2D eigenvalue weighted by molar-refractivity contribution is 0.0653. The molecule has 0 N–H and O–H groups in total. The SMILES string of the molecule is [CH]OC(=O)c1cccnc1. The van der Waals surface area contributed by atoms with Crippen molar-refractivity contribution in [2.45, 2.75) is 0 Å². The van der Waals surface area contributed by atoms with Crippen LogP contribution < -0.4 is 0 Å². The van der Waals surface area contributed by atoms with Crippen molar-refractivity contribution in [1.82, 2.24) is 4.98 Å². The molecule has 1 heterocycles. The van der Waals surface area contributed by atoms with Gasteiger partial charge in [-0.3, -0.25) is 4.98 Å². The monoisotopic (exact) mass is 135 g/mol. The molecule has 0 unspecified atom stereocenters. The van der Waals surface area contributed by atoms with Gasteiger partial charge >= 0.3 is 5.97 Å². The van der Waals surface area contributed by atoms with Gasteiger partial charge in [-0.2, -0.15) is 0 Å². The van der Waals surface area contributed by atoms with E-state index in [0.717, 1.165) is 0 Å². The van der Waals surface area contributed by atoms with E-state index in [1.807, 2.05) is 0 Å². The summed E-state index contributed by atoms with van der Waals surface area (Å²) < 4.78 is 3.96. The van der Waals surface area contributed by atoms with Gasteiger partial charge in [0, 0.05) is 12.4 Å². The van der Waals surface area contributed by atoms with E-state index in [-0.39, 0.29) is 0 Å². The maximum Gasteiger partial charge on any atom is 0.340 e. The Morgan fingerprint density at radius 2 is 2.50 bits per heavy atom. The molecule has 0 saturated heterocycles. The Hall–Kier alpha value is -1.38. The van der Waals surface area contributed by atoms with Crippen molar-refractivity contribution in [3.8, 4) is 0 Å². The molecule has 0 spiro atoms. The van der Waals surface area contributed by atoms with Gasteiger partial charge in [-0.25, -0.2) is 4.79 Å². The second-order valence-electron chi connectivity index (χ2n) is 1.65. The van der Waals surface area contributed by atoms with Gasteiger partial charge in [-0.1, -0.05) is 0 Å². The van der Waals surface area contributed by atoms with Gasteiger partial charge in [0.2, 0.25) is 0 Å². The molecular weight excluding hydrogens is 130 g/mol. The second kappa shape index (κ2) is 2.96. The van der Waals surface area contributed by atoms with E-state index in [1.54, 1.807) is 18.3 Å². The zero-order chi connectivity index (χ0) is 7.40. The van der Waals surface area contributed by atoms with E-state index in [1.165, 1.54) is 6.20 Å². The number of carbonyl (C=O) groups excluding carboxylic acids is 1. The van der Waals surface area contributed by atoms with Crippen LogP contribution in [0.1, 0.15) is 10.4 Å². The minimum absolute atomic E-state index is 0.352. The normalized spacial score (nSPS) is 8.90. The summed E-state index contributed by atoms with van der Waals surface area (Å²) in [4.78, 5) is 14.3. The molecule has 10 heavy (non-hydrogen) atoms. The molecule has 1 aromatic rings. The average Bonchev–Trinajstić information content (AvgIpc) is 2.05. The summed E-state index contributed by atoms with van der Waals surface area (Å²) in [6.07, 6.45) is 2.95. The van der Waals surface area contributed by atoms with E-state index >= 15 is 0 Å². The van der Waals surface area contributed by atoms with Crippen LogP contribution in [0.4, 0.5) is 0 Å². The first-order valence-electron chi connectivity index (χ1n) is 2.65. The second-order valence-corrected chi connectivity index (χ2v) is 1.65. The van der Waals surface area contributed by atoms with Gasteiger partial charge in [0.15, 0.2) is 7.11 Å². The highest BCUT2D eigenvalue weighted by atomic mass is 16.5. The van der Waals surface area contributed by atoms with E-state index in [4.69, 9.17) is 0 Å². The minimum Gasteiger partial charge on any atom is -0.450 e. The first-order chi connectivity index (χ1) is 4.84. The van der Waals surface area contributed by atoms with Gasteiger partial charge < -0.3 is 4.74 Å². The van der Waals surface area contributed by atoms with Crippen LogP contribution in [0.25, 0.3) is 0 Å². The largest absolute Gasteiger partial charge is 0.450 e. The van der Waals surface area contributed by atoms with Gasteiger partial charge in [0.1, 0.15) is 0 Å². The fourth-order valence-corrected chi connectivity index (χ4v) is 0.552. The van der Waals surface area contributed by atoms with Crippen LogP contribution in [0.5, 0.6) is 0 Å². The summed E-state index contributed by atoms with van der Waals surface area (Å²) in [6, 6.07) is 3.20. The number of carbonyl (C=O) groups is 1. The fraction of sp³-hybridized carbons (Fsp3) is 0. The lowest BCUT2D eigenvalue weighted by Gasteiger charge is -1.93. The van der Waals surface area contributed by atoms with Gasteiger partial charge in [0.25, 0.3) is 0 Å². The molecule has 0 aliphatic rings. The van der Waals surface area contributed by atoms with Crippen molar-refractivity contribution >= 4 is 5.97 Å². The van der Waals surface area contributed by atoms with E-state index in [9.17, 15) is 4.79 Å². The van der Waals surface area contributed by atoms with E-state index in [0.29, 0.717) is 5.56 Å². The van der Waals surface area contributed by atoms with Gasteiger partial charge in [-0.05, 0) is 12.1 Å².